The first-order valence-corrected chi connectivity index (χ1v) is 3.81. The normalized spacial score (nSPS) is 11.3. The minimum Gasteiger partial charge on any atom is -0.273 e. The zero-order chi connectivity index (χ0) is 8.97. The minimum atomic E-state index is -0.156. The van der Waals surface area contributed by atoms with Crippen molar-refractivity contribution >= 4 is 11.6 Å². The fourth-order valence-electron chi connectivity index (χ4n) is 0.980. The van der Waals surface area contributed by atoms with E-state index in [0.717, 1.165) is 11.3 Å². The van der Waals surface area contributed by atoms with E-state index in [1.54, 1.807) is 0 Å². The maximum Gasteiger partial charge on any atom is 0.242 e. The van der Waals surface area contributed by atoms with E-state index in [1.165, 1.54) is 6.92 Å². The van der Waals surface area contributed by atoms with Crippen LogP contribution in [0, 0.1) is 0 Å². The smallest absolute Gasteiger partial charge is 0.242 e. The zero-order valence-electron chi connectivity index (χ0n) is 7.24. The van der Waals surface area contributed by atoms with Crippen LogP contribution in [-0.2, 0) is 4.79 Å². The molecule has 0 fully saturated rings. The van der Waals surface area contributed by atoms with Gasteiger partial charge in [-0.3, -0.25) is 4.79 Å². The lowest BCUT2D eigenvalue weighted by Gasteiger charge is -1.97. The number of rotatable bonds is 1. The Hall–Kier alpha value is -1.44. The highest BCUT2D eigenvalue weighted by molar-refractivity contribution is 6.04. The van der Waals surface area contributed by atoms with Gasteiger partial charge < -0.3 is 0 Å². The van der Waals surface area contributed by atoms with E-state index in [0.29, 0.717) is 0 Å². The summed E-state index contributed by atoms with van der Waals surface area (Å²) in [6.45, 7) is 3.28. The maximum atomic E-state index is 10.6. The molecule has 62 valence electrons. The van der Waals surface area contributed by atoms with E-state index < -0.39 is 0 Å². The van der Waals surface area contributed by atoms with Gasteiger partial charge in [0.15, 0.2) is 0 Å². The van der Waals surface area contributed by atoms with E-state index in [1.807, 2.05) is 37.3 Å². The molecule has 1 amide bonds. The van der Waals surface area contributed by atoms with Gasteiger partial charge in [0, 0.05) is 12.6 Å². The molecule has 0 saturated heterocycles. The van der Waals surface area contributed by atoms with Crippen LogP contribution in [0.15, 0.2) is 35.3 Å². The highest BCUT2D eigenvalue weighted by atomic mass is 16.1. The van der Waals surface area contributed by atoms with Crippen LogP contribution < -0.4 is 0 Å². The molecule has 0 saturated carbocycles. The van der Waals surface area contributed by atoms with Crippen LogP contribution in [0.25, 0.3) is 0 Å². The SMILES string of the molecule is CC(=O)/N=C(\C)c1ccccc1. The van der Waals surface area contributed by atoms with Crippen LogP contribution >= 0.6 is 0 Å². The second-order valence-corrected chi connectivity index (χ2v) is 2.58. The number of benzene rings is 1. The second-order valence-electron chi connectivity index (χ2n) is 2.58. The highest BCUT2D eigenvalue weighted by Crippen LogP contribution is 2.00. The highest BCUT2D eigenvalue weighted by Gasteiger charge is 1.95. The van der Waals surface area contributed by atoms with Crippen LogP contribution in [0.3, 0.4) is 0 Å². The Morgan fingerprint density at radius 1 is 1.17 bits per heavy atom. The summed E-state index contributed by atoms with van der Waals surface area (Å²) >= 11 is 0. The summed E-state index contributed by atoms with van der Waals surface area (Å²) in [7, 11) is 0. The van der Waals surface area contributed by atoms with E-state index in [2.05, 4.69) is 4.99 Å². The topological polar surface area (TPSA) is 29.4 Å². The second kappa shape index (κ2) is 3.81. The molecule has 12 heavy (non-hydrogen) atoms. The summed E-state index contributed by atoms with van der Waals surface area (Å²) in [6, 6.07) is 9.65. The van der Waals surface area contributed by atoms with Gasteiger partial charge in [0.1, 0.15) is 0 Å². The van der Waals surface area contributed by atoms with Gasteiger partial charge in [-0.1, -0.05) is 30.3 Å². The molecule has 0 unspecified atom stereocenters. The van der Waals surface area contributed by atoms with Crippen molar-refractivity contribution in [3.8, 4) is 0 Å². The summed E-state index contributed by atoms with van der Waals surface area (Å²) < 4.78 is 0. The average Bonchev–Trinajstić information content (AvgIpc) is 2.05. The van der Waals surface area contributed by atoms with Crippen LogP contribution in [0.4, 0.5) is 0 Å². The number of amides is 1. The van der Waals surface area contributed by atoms with Crippen molar-refractivity contribution in [2.75, 3.05) is 0 Å². The average molecular weight is 161 g/mol. The van der Waals surface area contributed by atoms with Crippen molar-refractivity contribution in [1.82, 2.24) is 0 Å². The fraction of sp³-hybridized carbons (Fsp3) is 0.200. The first kappa shape index (κ1) is 8.65. The third kappa shape index (κ3) is 2.31. The molecule has 0 heterocycles. The van der Waals surface area contributed by atoms with Crippen LogP contribution in [0.5, 0.6) is 0 Å². The summed E-state index contributed by atoms with van der Waals surface area (Å²) in [4.78, 5) is 14.5. The third-order valence-electron chi connectivity index (χ3n) is 1.52. The van der Waals surface area contributed by atoms with Gasteiger partial charge in [-0.2, -0.15) is 0 Å². The summed E-state index contributed by atoms with van der Waals surface area (Å²) in [5.41, 5.74) is 1.76. The lowest BCUT2D eigenvalue weighted by atomic mass is 10.1. The van der Waals surface area contributed by atoms with Crippen molar-refractivity contribution in [3.63, 3.8) is 0 Å². The first-order valence-electron chi connectivity index (χ1n) is 3.81. The standard InChI is InChI=1S/C10H11NO/c1-8(11-9(2)12)10-6-4-3-5-7-10/h3-7H,1-2H3/b11-8+. The Morgan fingerprint density at radius 3 is 2.25 bits per heavy atom. The van der Waals surface area contributed by atoms with Gasteiger partial charge in [0.2, 0.25) is 5.91 Å². The summed E-state index contributed by atoms with van der Waals surface area (Å²) in [6.07, 6.45) is 0. The molecule has 2 heteroatoms. The molecule has 0 N–H and O–H groups in total. The van der Waals surface area contributed by atoms with Gasteiger partial charge >= 0.3 is 0 Å². The Morgan fingerprint density at radius 2 is 1.75 bits per heavy atom. The van der Waals surface area contributed by atoms with Crippen molar-refractivity contribution in [1.29, 1.82) is 0 Å². The molecule has 0 aliphatic rings. The monoisotopic (exact) mass is 161 g/mol. The summed E-state index contributed by atoms with van der Waals surface area (Å²) in [5, 5.41) is 0. The fourth-order valence-corrected chi connectivity index (χ4v) is 0.980. The predicted octanol–water partition coefficient (Wildman–Crippen LogP) is 2.04. The van der Waals surface area contributed by atoms with Gasteiger partial charge in [-0.25, -0.2) is 4.99 Å². The lowest BCUT2D eigenvalue weighted by Crippen LogP contribution is -1.97. The molecule has 0 atom stereocenters. The van der Waals surface area contributed by atoms with Crippen molar-refractivity contribution in [3.05, 3.63) is 35.9 Å². The molecule has 0 aliphatic carbocycles. The minimum absolute atomic E-state index is 0.156. The quantitative estimate of drug-likeness (QED) is 0.579. The third-order valence-corrected chi connectivity index (χ3v) is 1.52. The Labute approximate surface area is 71.9 Å². The molecule has 0 bridgehead atoms. The van der Waals surface area contributed by atoms with Gasteiger partial charge in [0.05, 0.1) is 0 Å². The molecule has 0 aromatic heterocycles. The Kier molecular flexibility index (Phi) is 2.75. The number of aliphatic imine (C=N–C) groups is 1. The van der Waals surface area contributed by atoms with Crippen molar-refractivity contribution in [2.24, 2.45) is 4.99 Å². The summed E-state index contributed by atoms with van der Waals surface area (Å²) in [5.74, 6) is -0.156. The Bertz CT molecular complexity index is 301. The molecule has 0 spiro atoms. The van der Waals surface area contributed by atoms with Crippen LogP contribution in [0.2, 0.25) is 0 Å². The number of carbonyl (C=O) groups is 1. The van der Waals surface area contributed by atoms with E-state index in [4.69, 9.17) is 0 Å². The predicted molar refractivity (Wildman–Crippen MR) is 49.3 cm³/mol. The van der Waals surface area contributed by atoms with Gasteiger partial charge in [-0.05, 0) is 12.5 Å². The molecule has 0 radical (unpaired) electrons. The maximum absolute atomic E-state index is 10.6. The largest absolute Gasteiger partial charge is 0.273 e. The zero-order valence-corrected chi connectivity index (χ0v) is 7.24. The van der Waals surface area contributed by atoms with E-state index >= 15 is 0 Å². The Balaban J connectivity index is 2.93. The van der Waals surface area contributed by atoms with Crippen molar-refractivity contribution < 1.29 is 4.79 Å². The molecule has 1 aromatic rings. The number of hydrogen-bond donors (Lipinski definition) is 0. The van der Waals surface area contributed by atoms with Crippen LogP contribution in [0.1, 0.15) is 19.4 Å². The van der Waals surface area contributed by atoms with Gasteiger partial charge in [-0.15, -0.1) is 0 Å². The van der Waals surface area contributed by atoms with E-state index in [-0.39, 0.29) is 5.91 Å². The number of carbonyl (C=O) groups excluding carboxylic acids is 1. The lowest BCUT2D eigenvalue weighted by molar-refractivity contribution is -0.115. The van der Waals surface area contributed by atoms with Gasteiger partial charge in [0.25, 0.3) is 0 Å². The molecule has 0 aliphatic heterocycles. The number of nitrogens with zero attached hydrogens (tertiary/aromatic N) is 1. The van der Waals surface area contributed by atoms with E-state index in [9.17, 15) is 4.79 Å². The molecule has 1 rings (SSSR count). The first-order chi connectivity index (χ1) is 5.70. The molecule has 2 nitrogen and oxygen atoms in total. The molecular weight excluding hydrogens is 150 g/mol. The molecular formula is C10H11NO. The molecule has 1 aromatic carbocycles. The number of hydrogen-bond acceptors (Lipinski definition) is 1. The van der Waals surface area contributed by atoms with Crippen LogP contribution in [-0.4, -0.2) is 11.6 Å². The van der Waals surface area contributed by atoms with Crippen molar-refractivity contribution in [2.45, 2.75) is 13.8 Å².